The van der Waals surface area contributed by atoms with Crippen LogP contribution in [-0.4, -0.2) is 47.8 Å². The van der Waals surface area contributed by atoms with Gasteiger partial charge in [0, 0.05) is 26.1 Å². The first-order chi connectivity index (χ1) is 11.0. The van der Waals surface area contributed by atoms with Crippen molar-refractivity contribution in [3.63, 3.8) is 0 Å². The molecule has 0 aromatic heterocycles. The molecule has 5 aliphatic rings. The van der Waals surface area contributed by atoms with Crippen molar-refractivity contribution >= 4 is 11.9 Å². The number of likely N-dealkylation sites (tertiary alicyclic amines) is 1. The topological polar surface area (TPSA) is 70.7 Å². The molecule has 1 unspecified atom stereocenters. The molecule has 23 heavy (non-hydrogen) atoms. The molecule has 6 nitrogen and oxygen atoms in total. The summed E-state index contributed by atoms with van der Waals surface area (Å²) in [4.78, 5) is 25.6. The summed E-state index contributed by atoms with van der Waals surface area (Å²) < 4.78 is 6.19. The van der Waals surface area contributed by atoms with Gasteiger partial charge in [0.2, 0.25) is 5.91 Å². The predicted octanol–water partition coefficient (Wildman–Crippen LogP) is 1.60. The summed E-state index contributed by atoms with van der Waals surface area (Å²) in [5.74, 6) is 1.57. The van der Waals surface area contributed by atoms with Crippen molar-refractivity contribution in [1.29, 1.82) is 0 Å². The van der Waals surface area contributed by atoms with Crippen LogP contribution < -0.4 is 10.6 Å². The van der Waals surface area contributed by atoms with Gasteiger partial charge in [-0.25, -0.2) is 4.79 Å². The fourth-order valence-corrected chi connectivity index (χ4v) is 5.26. The van der Waals surface area contributed by atoms with Gasteiger partial charge in [0.05, 0.1) is 6.10 Å². The van der Waals surface area contributed by atoms with Crippen LogP contribution in [0.1, 0.15) is 51.9 Å². The molecule has 4 bridgehead atoms. The maximum Gasteiger partial charge on any atom is 0.317 e. The summed E-state index contributed by atoms with van der Waals surface area (Å²) in [6.45, 7) is 3.06. The standard InChI is InChI=1S/C17H27N3O3/c1-11(21)20-4-2-14(3-5-20)18-16(22)19-17-9-12-6-13(10-17)8-15(7-12)23-17/h12-15H,2-10H2,1H3,(H2,18,19,22)/t12-,13?,15+,17-/m0/s1. The van der Waals surface area contributed by atoms with Crippen LogP contribution >= 0.6 is 0 Å². The Hall–Kier alpha value is -1.30. The molecular formula is C17H27N3O3. The van der Waals surface area contributed by atoms with E-state index in [4.69, 9.17) is 4.74 Å². The van der Waals surface area contributed by atoms with Gasteiger partial charge in [-0.1, -0.05) is 0 Å². The van der Waals surface area contributed by atoms with Crippen molar-refractivity contribution in [3.8, 4) is 0 Å². The van der Waals surface area contributed by atoms with Crippen molar-refractivity contribution in [2.24, 2.45) is 11.8 Å². The Bertz CT molecular complexity index is 464. The number of ether oxygens (including phenoxy) is 1. The molecule has 3 aliphatic heterocycles. The number of urea groups is 1. The highest BCUT2D eigenvalue weighted by Crippen LogP contribution is 2.51. The van der Waals surface area contributed by atoms with E-state index in [9.17, 15) is 9.59 Å². The van der Waals surface area contributed by atoms with Crippen LogP contribution in [0.2, 0.25) is 0 Å². The number of hydrogen-bond acceptors (Lipinski definition) is 3. The molecule has 6 heteroatoms. The van der Waals surface area contributed by atoms with Crippen LogP contribution in [-0.2, 0) is 9.53 Å². The van der Waals surface area contributed by atoms with E-state index in [1.165, 1.54) is 19.3 Å². The van der Waals surface area contributed by atoms with E-state index in [0.29, 0.717) is 6.10 Å². The van der Waals surface area contributed by atoms with Crippen LogP contribution in [0.3, 0.4) is 0 Å². The summed E-state index contributed by atoms with van der Waals surface area (Å²) in [6.07, 6.45) is 7.60. The van der Waals surface area contributed by atoms with Gasteiger partial charge in [-0.2, -0.15) is 0 Å². The van der Waals surface area contributed by atoms with E-state index in [1.54, 1.807) is 6.92 Å². The SMILES string of the molecule is CC(=O)N1CCC(NC(=O)N[C@]23CC4C[C@@H](C[C@H](C4)O2)C3)CC1. The fourth-order valence-electron chi connectivity index (χ4n) is 5.26. The van der Waals surface area contributed by atoms with Gasteiger partial charge in [-0.15, -0.1) is 0 Å². The van der Waals surface area contributed by atoms with Crippen LogP contribution in [0.5, 0.6) is 0 Å². The number of carbonyl (C=O) groups is 2. The minimum atomic E-state index is -0.418. The Morgan fingerprint density at radius 1 is 1.09 bits per heavy atom. The van der Waals surface area contributed by atoms with Crippen molar-refractivity contribution in [1.82, 2.24) is 15.5 Å². The molecule has 5 fully saturated rings. The lowest BCUT2D eigenvalue weighted by Gasteiger charge is -2.56. The first-order valence-corrected chi connectivity index (χ1v) is 9.03. The van der Waals surface area contributed by atoms with E-state index >= 15 is 0 Å². The minimum absolute atomic E-state index is 0.103. The number of carbonyl (C=O) groups excluding carboxylic acids is 2. The monoisotopic (exact) mass is 321 g/mol. The molecule has 3 amide bonds. The maximum absolute atomic E-state index is 12.4. The van der Waals surface area contributed by atoms with Gasteiger partial charge in [-0.05, 0) is 56.8 Å². The Labute approximate surface area is 137 Å². The summed E-state index contributed by atoms with van der Waals surface area (Å²) in [5.41, 5.74) is -0.418. The highest BCUT2D eigenvalue weighted by molar-refractivity contribution is 5.75. The molecule has 3 heterocycles. The highest BCUT2D eigenvalue weighted by atomic mass is 16.5. The molecule has 5 rings (SSSR count). The molecule has 0 spiro atoms. The lowest BCUT2D eigenvalue weighted by Crippen LogP contribution is -2.65. The number of hydrogen-bond donors (Lipinski definition) is 2. The number of amides is 3. The zero-order valence-electron chi connectivity index (χ0n) is 13.8. The maximum atomic E-state index is 12.4. The van der Waals surface area contributed by atoms with Crippen molar-refractivity contribution < 1.29 is 14.3 Å². The third-order valence-electron chi connectivity index (χ3n) is 6.11. The van der Waals surface area contributed by atoms with Gasteiger partial charge < -0.3 is 20.3 Å². The minimum Gasteiger partial charge on any atom is -0.352 e. The molecule has 3 saturated heterocycles. The molecule has 4 atom stereocenters. The molecule has 0 aromatic carbocycles. The number of nitrogens with one attached hydrogen (secondary N) is 2. The first kappa shape index (κ1) is 15.2. The second-order valence-electron chi connectivity index (χ2n) is 7.96. The van der Waals surface area contributed by atoms with Gasteiger partial charge in [0.25, 0.3) is 0 Å². The fraction of sp³-hybridized carbons (Fsp3) is 0.882. The predicted molar refractivity (Wildman–Crippen MR) is 84.6 cm³/mol. The van der Waals surface area contributed by atoms with Gasteiger partial charge in [0.1, 0.15) is 5.72 Å². The first-order valence-electron chi connectivity index (χ1n) is 9.03. The smallest absolute Gasteiger partial charge is 0.317 e. The van der Waals surface area contributed by atoms with E-state index in [2.05, 4.69) is 10.6 Å². The summed E-state index contributed by atoms with van der Waals surface area (Å²) in [6, 6.07) is 0.0488. The van der Waals surface area contributed by atoms with Gasteiger partial charge >= 0.3 is 6.03 Å². The summed E-state index contributed by atoms with van der Waals surface area (Å²) in [7, 11) is 0. The number of piperidine rings is 1. The Morgan fingerprint density at radius 3 is 2.30 bits per heavy atom. The summed E-state index contributed by atoms with van der Waals surface area (Å²) >= 11 is 0. The molecule has 0 radical (unpaired) electrons. The van der Waals surface area contributed by atoms with E-state index in [0.717, 1.165) is 50.6 Å². The van der Waals surface area contributed by atoms with Crippen molar-refractivity contribution in [2.75, 3.05) is 13.1 Å². The molecule has 0 aromatic rings. The lowest BCUT2D eigenvalue weighted by atomic mass is 9.65. The molecular weight excluding hydrogens is 294 g/mol. The number of nitrogens with zero attached hydrogens (tertiary/aromatic N) is 1. The molecule has 2 N–H and O–H groups in total. The second kappa shape index (κ2) is 5.65. The average Bonchev–Trinajstić information content (AvgIpc) is 2.45. The Morgan fingerprint density at radius 2 is 1.74 bits per heavy atom. The van der Waals surface area contributed by atoms with E-state index in [1.807, 2.05) is 4.90 Å². The zero-order chi connectivity index (χ0) is 16.0. The van der Waals surface area contributed by atoms with Crippen LogP contribution in [0.25, 0.3) is 0 Å². The Kier molecular flexibility index (Phi) is 3.75. The van der Waals surface area contributed by atoms with Gasteiger partial charge in [0.15, 0.2) is 0 Å². The molecule has 2 saturated carbocycles. The largest absolute Gasteiger partial charge is 0.352 e. The summed E-state index contributed by atoms with van der Waals surface area (Å²) in [5, 5.41) is 6.24. The van der Waals surface area contributed by atoms with E-state index < -0.39 is 5.72 Å². The Balaban J connectivity index is 1.30. The lowest BCUT2D eigenvalue weighted by molar-refractivity contribution is -0.228. The third kappa shape index (κ3) is 3.05. The van der Waals surface area contributed by atoms with Crippen molar-refractivity contribution in [3.05, 3.63) is 0 Å². The van der Waals surface area contributed by atoms with Crippen LogP contribution in [0.15, 0.2) is 0 Å². The molecule has 2 aliphatic carbocycles. The number of rotatable bonds is 2. The highest BCUT2D eigenvalue weighted by Gasteiger charge is 2.52. The van der Waals surface area contributed by atoms with Crippen LogP contribution in [0.4, 0.5) is 4.79 Å². The normalized spacial score (nSPS) is 39.3. The van der Waals surface area contributed by atoms with E-state index in [-0.39, 0.29) is 18.0 Å². The second-order valence-corrected chi connectivity index (χ2v) is 7.96. The molecule has 128 valence electrons. The quantitative estimate of drug-likeness (QED) is 0.811. The van der Waals surface area contributed by atoms with Crippen molar-refractivity contribution in [2.45, 2.75) is 69.7 Å². The van der Waals surface area contributed by atoms with Crippen LogP contribution in [0, 0.1) is 11.8 Å². The average molecular weight is 321 g/mol. The van der Waals surface area contributed by atoms with Gasteiger partial charge in [-0.3, -0.25) is 4.79 Å². The zero-order valence-corrected chi connectivity index (χ0v) is 13.8. The third-order valence-corrected chi connectivity index (χ3v) is 6.11.